The summed E-state index contributed by atoms with van der Waals surface area (Å²) in [5.41, 5.74) is 1.43. The molecule has 0 saturated carbocycles. The Morgan fingerprint density at radius 2 is 1.67 bits per heavy atom. The highest BCUT2D eigenvalue weighted by Crippen LogP contribution is 2.33. The van der Waals surface area contributed by atoms with Crippen LogP contribution in [0.5, 0.6) is 0 Å². The molecule has 0 aliphatic heterocycles. The first-order chi connectivity index (χ1) is 7.97. The predicted octanol–water partition coefficient (Wildman–Crippen LogP) is 5.83. The maximum atomic E-state index is 5.27. The Balaban J connectivity index is 5.14. The van der Waals surface area contributed by atoms with Crippen LogP contribution in [0.2, 0.25) is 0 Å². The van der Waals surface area contributed by atoms with Crippen molar-refractivity contribution >= 4 is 15.9 Å². The fourth-order valence-corrected chi connectivity index (χ4v) is 1.82. The molecule has 0 rings (SSSR count). The van der Waals surface area contributed by atoms with E-state index >= 15 is 0 Å². The minimum atomic E-state index is 0.0156. The van der Waals surface area contributed by atoms with Gasteiger partial charge in [0, 0.05) is 4.48 Å². The lowest BCUT2D eigenvalue weighted by Crippen LogP contribution is -2.12. The number of hydrogen-bond acceptors (Lipinski definition) is 1. The molecule has 0 heterocycles. The summed E-state index contributed by atoms with van der Waals surface area (Å²) in [6.07, 6.45) is 5.34. The molecule has 0 aromatic rings. The lowest BCUT2D eigenvalue weighted by atomic mass is 9.85. The van der Waals surface area contributed by atoms with Crippen molar-refractivity contribution < 1.29 is 4.74 Å². The van der Waals surface area contributed by atoms with Crippen molar-refractivity contribution in [3.8, 4) is 0 Å². The number of rotatable bonds is 4. The van der Waals surface area contributed by atoms with Gasteiger partial charge in [-0.15, -0.1) is 0 Å². The van der Waals surface area contributed by atoms with Gasteiger partial charge in [0.1, 0.15) is 5.76 Å². The van der Waals surface area contributed by atoms with Gasteiger partial charge in [0.05, 0.1) is 7.11 Å². The first-order valence-corrected chi connectivity index (χ1v) is 7.08. The lowest BCUT2D eigenvalue weighted by Gasteiger charge is -2.24. The Morgan fingerprint density at radius 1 is 1.17 bits per heavy atom. The van der Waals surface area contributed by atoms with Gasteiger partial charge < -0.3 is 4.74 Å². The highest BCUT2D eigenvalue weighted by atomic mass is 79.9. The van der Waals surface area contributed by atoms with E-state index in [0.29, 0.717) is 5.41 Å². The zero-order chi connectivity index (χ0) is 14.6. The zero-order valence-corrected chi connectivity index (χ0v) is 14.4. The van der Waals surface area contributed by atoms with E-state index in [1.807, 2.05) is 0 Å². The van der Waals surface area contributed by atoms with E-state index in [4.69, 9.17) is 4.74 Å². The molecule has 2 heteroatoms. The fraction of sp³-hybridized carbons (Fsp3) is 0.625. The van der Waals surface area contributed by atoms with E-state index < -0.39 is 0 Å². The minimum absolute atomic E-state index is 0.0156. The molecule has 0 radical (unpaired) electrons. The van der Waals surface area contributed by atoms with Crippen LogP contribution in [0.3, 0.4) is 0 Å². The van der Waals surface area contributed by atoms with Gasteiger partial charge in [-0.2, -0.15) is 0 Å². The second-order valence-electron chi connectivity index (χ2n) is 6.79. The van der Waals surface area contributed by atoms with E-state index in [1.54, 1.807) is 7.11 Å². The summed E-state index contributed by atoms with van der Waals surface area (Å²) in [6, 6.07) is 0. The number of hydrogen-bond donors (Lipinski definition) is 0. The van der Waals surface area contributed by atoms with Crippen molar-refractivity contribution in [1.29, 1.82) is 0 Å². The Bertz CT molecular complexity index is 348. The largest absolute Gasteiger partial charge is 0.497 e. The number of methoxy groups -OCH3 is 1. The van der Waals surface area contributed by atoms with Crippen LogP contribution >= 0.6 is 15.9 Å². The Hall–Kier alpha value is -0.500. The molecule has 0 aliphatic rings. The van der Waals surface area contributed by atoms with Gasteiger partial charge in [-0.3, -0.25) is 0 Å². The summed E-state index contributed by atoms with van der Waals surface area (Å²) in [5, 5.41) is 0. The van der Waals surface area contributed by atoms with Crippen molar-refractivity contribution in [3.05, 3.63) is 34.5 Å². The van der Waals surface area contributed by atoms with Crippen LogP contribution in [0.25, 0.3) is 0 Å². The van der Waals surface area contributed by atoms with E-state index in [1.165, 1.54) is 0 Å². The molecular weight excluding hydrogens is 288 g/mol. The monoisotopic (exact) mass is 314 g/mol. The van der Waals surface area contributed by atoms with Crippen molar-refractivity contribution in [2.45, 2.75) is 48.0 Å². The van der Waals surface area contributed by atoms with Crippen molar-refractivity contribution in [3.63, 3.8) is 0 Å². The predicted molar refractivity (Wildman–Crippen MR) is 84.8 cm³/mol. The molecular formula is C16H27BrO. The van der Waals surface area contributed by atoms with Crippen LogP contribution < -0.4 is 0 Å². The normalized spacial score (nSPS) is 14.7. The Labute approximate surface area is 121 Å². The third-order valence-corrected chi connectivity index (χ3v) is 3.10. The van der Waals surface area contributed by atoms with Crippen LogP contribution in [0.1, 0.15) is 48.0 Å². The van der Waals surface area contributed by atoms with Crippen molar-refractivity contribution in [2.75, 3.05) is 7.11 Å². The van der Waals surface area contributed by atoms with Gasteiger partial charge >= 0.3 is 0 Å². The summed E-state index contributed by atoms with van der Waals surface area (Å²) in [6.45, 7) is 17.1. The third kappa shape index (κ3) is 7.05. The van der Waals surface area contributed by atoms with Crippen LogP contribution in [-0.2, 0) is 4.74 Å². The van der Waals surface area contributed by atoms with Gasteiger partial charge in [-0.05, 0) is 28.9 Å². The molecule has 0 amide bonds. The van der Waals surface area contributed by atoms with Gasteiger partial charge in [-0.1, -0.05) is 70.1 Å². The summed E-state index contributed by atoms with van der Waals surface area (Å²) in [4.78, 5) is 0. The summed E-state index contributed by atoms with van der Waals surface area (Å²) < 4.78 is 6.36. The summed E-state index contributed by atoms with van der Waals surface area (Å²) in [5.74, 6) is 0.726. The number of ether oxygens (including phenoxy) is 1. The highest BCUT2D eigenvalue weighted by Gasteiger charge is 2.20. The molecule has 0 aromatic heterocycles. The summed E-state index contributed by atoms with van der Waals surface area (Å²) >= 11 is 3.61. The fourth-order valence-electron chi connectivity index (χ4n) is 1.43. The molecule has 0 bridgehead atoms. The number of halogens is 1. The van der Waals surface area contributed by atoms with Gasteiger partial charge in [-0.25, -0.2) is 0 Å². The van der Waals surface area contributed by atoms with E-state index in [9.17, 15) is 0 Å². The highest BCUT2D eigenvalue weighted by molar-refractivity contribution is 9.11. The molecule has 0 N–H and O–H groups in total. The molecule has 18 heavy (non-hydrogen) atoms. The van der Waals surface area contributed by atoms with Crippen LogP contribution in [0, 0.1) is 10.8 Å². The lowest BCUT2D eigenvalue weighted by molar-refractivity contribution is 0.284. The molecule has 0 aliphatic carbocycles. The molecule has 0 fully saturated rings. The summed E-state index contributed by atoms with van der Waals surface area (Å²) in [7, 11) is 1.66. The van der Waals surface area contributed by atoms with Gasteiger partial charge in [0.25, 0.3) is 0 Å². The maximum absolute atomic E-state index is 5.27. The van der Waals surface area contributed by atoms with Crippen LogP contribution in [0.15, 0.2) is 34.5 Å². The van der Waals surface area contributed by atoms with Gasteiger partial charge in [0.2, 0.25) is 0 Å². The number of allylic oxidation sites excluding steroid dienone is 4. The topological polar surface area (TPSA) is 9.23 Å². The molecule has 0 spiro atoms. The molecule has 0 atom stereocenters. The SMILES string of the molecule is C=C(OC)/C(=C\C(Br)=C/CC(C)(C)C)C(C)(C)C. The van der Waals surface area contributed by atoms with Gasteiger partial charge in [0.15, 0.2) is 0 Å². The molecule has 0 aromatic carbocycles. The average Bonchev–Trinajstić information content (AvgIpc) is 2.19. The molecule has 0 unspecified atom stereocenters. The first kappa shape index (κ1) is 17.5. The third-order valence-electron chi connectivity index (χ3n) is 2.55. The van der Waals surface area contributed by atoms with E-state index in [2.05, 4.69) is 76.2 Å². The zero-order valence-electron chi connectivity index (χ0n) is 12.9. The van der Waals surface area contributed by atoms with Crippen LogP contribution in [-0.4, -0.2) is 7.11 Å². The quantitative estimate of drug-likeness (QED) is 0.468. The maximum Gasteiger partial charge on any atom is 0.115 e. The molecule has 0 saturated heterocycles. The van der Waals surface area contributed by atoms with Crippen LogP contribution in [0.4, 0.5) is 0 Å². The molecule has 104 valence electrons. The second kappa shape index (κ2) is 6.60. The van der Waals surface area contributed by atoms with Crippen molar-refractivity contribution in [1.82, 2.24) is 0 Å². The smallest absolute Gasteiger partial charge is 0.115 e. The second-order valence-corrected chi connectivity index (χ2v) is 7.70. The standard InChI is InChI=1S/C16H27BrO/c1-12(18-8)14(16(5,6)7)11-13(17)9-10-15(2,3)4/h9,11H,1,10H2,2-8H3/b13-9+,14-11+. The minimum Gasteiger partial charge on any atom is -0.497 e. The van der Waals surface area contributed by atoms with Crippen molar-refractivity contribution in [2.24, 2.45) is 10.8 Å². The van der Waals surface area contributed by atoms with E-state index in [0.717, 1.165) is 22.2 Å². The average molecular weight is 315 g/mol. The Kier molecular flexibility index (Phi) is 6.42. The Morgan fingerprint density at radius 3 is 2.00 bits per heavy atom. The first-order valence-electron chi connectivity index (χ1n) is 6.28. The van der Waals surface area contributed by atoms with E-state index in [-0.39, 0.29) is 5.41 Å². The molecule has 1 nitrogen and oxygen atoms in total.